The first kappa shape index (κ1) is 14.9. The van der Waals surface area contributed by atoms with Crippen LogP contribution in [0.2, 0.25) is 0 Å². The van der Waals surface area contributed by atoms with Gasteiger partial charge in [0.05, 0.1) is 4.88 Å². The molecule has 2 atom stereocenters. The van der Waals surface area contributed by atoms with E-state index in [0.717, 1.165) is 30.8 Å². The van der Waals surface area contributed by atoms with Gasteiger partial charge in [-0.2, -0.15) is 0 Å². The van der Waals surface area contributed by atoms with Gasteiger partial charge in [0.2, 0.25) is 0 Å². The zero-order chi connectivity index (χ0) is 15.8. The van der Waals surface area contributed by atoms with E-state index in [2.05, 4.69) is 17.1 Å². The van der Waals surface area contributed by atoms with E-state index in [1.165, 1.54) is 12.8 Å². The van der Waals surface area contributed by atoms with Crippen LogP contribution in [-0.4, -0.2) is 53.1 Å². The number of likely N-dealkylation sites (N-methyl/N-ethyl adjacent to an activating group) is 1. The van der Waals surface area contributed by atoms with E-state index in [4.69, 9.17) is 4.52 Å². The zero-order valence-electron chi connectivity index (χ0n) is 13.3. The molecule has 2 saturated heterocycles. The minimum absolute atomic E-state index is 0.0133. The van der Waals surface area contributed by atoms with Crippen LogP contribution in [-0.2, 0) is 0 Å². The summed E-state index contributed by atoms with van der Waals surface area (Å²) in [6.07, 6.45) is 4.59. The van der Waals surface area contributed by atoms with Crippen LogP contribution in [0.25, 0.3) is 10.6 Å². The summed E-state index contributed by atoms with van der Waals surface area (Å²) in [6.45, 7) is 1.96. The van der Waals surface area contributed by atoms with Crippen molar-refractivity contribution < 1.29 is 9.32 Å². The van der Waals surface area contributed by atoms with Crippen molar-refractivity contribution in [1.29, 1.82) is 0 Å². The first-order valence-corrected chi connectivity index (χ1v) is 9.14. The second-order valence-electron chi connectivity index (χ2n) is 6.45. The molecule has 0 radical (unpaired) electrons. The van der Waals surface area contributed by atoms with E-state index < -0.39 is 0 Å². The van der Waals surface area contributed by atoms with Gasteiger partial charge in [-0.15, -0.1) is 11.3 Å². The van der Waals surface area contributed by atoms with Gasteiger partial charge < -0.3 is 14.3 Å². The molecule has 122 valence electrons. The lowest BCUT2D eigenvalue weighted by molar-refractivity contribution is 0.0654. The Bertz CT molecular complexity index is 682. The smallest absolute Gasteiger partial charge is 0.276 e. The highest BCUT2D eigenvalue weighted by Crippen LogP contribution is 2.31. The number of thiophene rings is 1. The van der Waals surface area contributed by atoms with E-state index in [9.17, 15) is 4.79 Å². The van der Waals surface area contributed by atoms with Crippen molar-refractivity contribution in [2.75, 3.05) is 20.1 Å². The summed E-state index contributed by atoms with van der Waals surface area (Å²) in [5.74, 6) is 0.691. The molecule has 0 N–H and O–H groups in total. The number of carbonyl (C=O) groups is 1. The monoisotopic (exact) mass is 331 g/mol. The predicted octanol–water partition coefficient (Wildman–Crippen LogP) is 3.10. The molecule has 0 unspecified atom stereocenters. The highest BCUT2D eigenvalue weighted by molar-refractivity contribution is 7.13. The second kappa shape index (κ2) is 6.09. The van der Waals surface area contributed by atoms with Crippen molar-refractivity contribution in [3.05, 3.63) is 29.3 Å². The molecule has 0 spiro atoms. The summed E-state index contributed by atoms with van der Waals surface area (Å²) in [7, 11) is 2.17. The molecular weight excluding hydrogens is 310 g/mol. The Morgan fingerprint density at radius 1 is 1.30 bits per heavy atom. The number of amides is 1. The molecule has 2 aliphatic heterocycles. The van der Waals surface area contributed by atoms with Gasteiger partial charge >= 0.3 is 0 Å². The zero-order valence-corrected chi connectivity index (χ0v) is 14.1. The summed E-state index contributed by atoms with van der Waals surface area (Å²) in [5.41, 5.74) is 0.431. The van der Waals surface area contributed by atoms with Crippen molar-refractivity contribution in [1.82, 2.24) is 15.0 Å². The molecule has 0 aromatic carbocycles. The fourth-order valence-corrected chi connectivity index (χ4v) is 4.60. The molecule has 23 heavy (non-hydrogen) atoms. The summed E-state index contributed by atoms with van der Waals surface area (Å²) in [4.78, 5) is 18.3. The van der Waals surface area contributed by atoms with Crippen molar-refractivity contribution in [3.63, 3.8) is 0 Å². The summed E-state index contributed by atoms with van der Waals surface area (Å²) < 4.78 is 5.37. The van der Waals surface area contributed by atoms with E-state index in [1.807, 2.05) is 22.4 Å². The van der Waals surface area contributed by atoms with E-state index >= 15 is 0 Å². The van der Waals surface area contributed by atoms with Crippen LogP contribution < -0.4 is 0 Å². The molecule has 6 heteroatoms. The van der Waals surface area contributed by atoms with Crippen LogP contribution >= 0.6 is 11.3 Å². The lowest BCUT2D eigenvalue weighted by Crippen LogP contribution is -2.47. The van der Waals surface area contributed by atoms with Gasteiger partial charge in [0, 0.05) is 24.7 Å². The molecule has 4 rings (SSSR count). The number of likely N-dealkylation sites (tertiary alicyclic amines) is 2. The molecule has 0 saturated carbocycles. The van der Waals surface area contributed by atoms with E-state index in [-0.39, 0.29) is 5.91 Å². The second-order valence-corrected chi connectivity index (χ2v) is 7.40. The highest BCUT2D eigenvalue weighted by Gasteiger charge is 2.39. The van der Waals surface area contributed by atoms with Crippen LogP contribution in [0.15, 0.2) is 28.1 Å². The van der Waals surface area contributed by atoms with E-state index in [1.54, 1.807) is 17.4 Å². The highest BCUT2D eigenvalue weighted by atomic mass is 32.1. The Kier molecular flexibility index (Phi) is 3.95. The van der Waals surface area contributed by atoms with Crippen molar-refractivity contribution >= 4 is 17.2 Å². The standard InChI is InChI=1S/C17H21N3O2S/c1-19-8-2-5-13(19)14-6-3-9-20(14)17(21)12-11-15(22-18-12)16-7-4-10-23-16/h4,7,10-11,13-14H,2-3,5-6,8-9H2,1H3/t13-,14-/m0/s1. The fraction of sp³-hybridized carbons (Fsp3) is 0.529. The first-order chi connectivity index (χ1) is 11.2. The van der Waals surface area contributed by atoms with Gasteiger partial charge in [-0.1, -0.05) is 11.2 Å². The molecule has 0 bridgehead atoms. The van der Waals surface area contributed by atoms with Crippen molar-refractivity contribution in [3.8, 4) is 10.6 Å². The average molecular weight is 331 g/mol. The van der Waals surface area contributed by atoms with Crippen LogP contribution in [0.1, 0.15) is 36.2 Å². The van der Waals surface area contributed by atoms with Gasteiger partial charge in [-0.3, -0.25) is 4.79 Å². The SMILES string of the molecule is CN1CCC[C@H]1[C@@H]1CCCN1C(=O)c1cc(-c2cccs2)on1. The number of hydrogen-bond acceptors (Lipinski definition) is 5. The molecule has 5 nitrogen and oxygen atoms in total. The maximum atomic E-state index is 12.9. The van der Waals surface area contributed by atoms with Crippen LogP contribution in [0, 0.1) is 0 Å². The van der Waals surface area contributed by atoms with Gasteiger partial charge in [0.15, 0.2) is 11.5 Å². The molecule has 2 aliphatic rings. The minimum Gasteiger partial charge on any atom is -0.355 e. The summed E-state index contributed by atoms with van der Waals surface area (Å²) in [5, 5.41) is 6.02. The van der Waals surface area contributed by atoms with Gasteiger partial charge in [-0.25, -0.2) is 0 Å². The van der Waals surface area contributed by atoms with Crippen LogP contribution in [0.4, 0.5) is 0 Å². The Morgan fingerprint density at radius 2 is 2.13 bits per heavy atom. The van der Waals surface area contributed by atoms with Gasteiger partial charge in [0.1, 0.15) is 0 Å². The summed E-state index contributed by atoms with van der Waals surface area (Å²) in [6, 6.07) is 6.53. The Morgan fingerprint density at radius 3 is 2.87 bits per heavy atom. The van der Waals surface area contributed by atoms with Crippen molar-refractivity contribution in [2.45, 2.75) is 37.8 Å². The molecule has 2 aromatic rings. The minimum atomic E-state index is 0.0133. The van der Waals surface area contributed by atoms with Gasteiger partial charge in [0.25, 0.3) is 5.91 Å². The topological polar surface area (TPSA) is 49.6 Å². The third-order valence-electron chi connectivity index (χ3n) is 5.07. The first-order valence-electron chi connectivity index (χ1n) is 8.26. The molecule has 4 heterocycles. The molecular formula is C17H21N3O2S. The van der Waals surface area contributed by atoms with Crippen LogP contribution in [0.3, 0.4) is 0 Å². The third-order valence-corrected chi connectivity index (χ3v) is 5.96. The number of rotatable bonds is 3. The number of nitrogens with zero attached hydrogens (tertiary/aromatic N) is 3. The van der Waals surface area contributed by atoms with Crippen molar-refractivity contribution in [2.24, 2.45) is 0 Å². The number of carbonyl (C=O) groups excluding carboxylic acids is 1. The summed E-state index contributed by atoms with van der Waals surface area (Å²) >= 11 is 1.59. The molecule has 0 aliphatic carbocycles. The Labute approximate surface area is 139 Å². The average Bonchev–Trinajstić information content (AvgIpc) is 3.31. The maximum Gasteiger partial charge on any atom is 0.276 e. The van der Waals surface area contributed by atoms with Gasteiger partial charge in [-0.05, 0) is 50.7 Å². The van der Waals surface area contributed by atoms with E-state index in [0.29, 0.717) is 23.5 Å². The molecule has 2 aromatic heterocycles. The largest absolute Gasteiger partial charge is 0.355 e. The fourth-order valence-electron chi connectivity index (χ4n) is 3.92. The third kappa shape index (κ3) is 2.70. The number of hydrogen-bond donors (Lipinski definition) is 0. The lowest BCUT2D eigenvalue weighted by Gasteiger charge is -2.32. The van der Waals surface area contributed by atoms with Crippen LogP contribution in [0.5, 0.6) is 0 Å². The predicted molar refractivity (Wildman–Crippen MR) is 89.5 cm³/mol. The Balaban J connectivity index is 1.54. The number of aromatic nitrogens is 1. The maximum absolute atomic E-state index is 12.9. The molecule has 1 amide bonds. The molecule has 2 fully saturated rings. The normalized spacial score (nSPS) is 25.3. The quantitative estimate of drug-likeness (QED) is 0.867. The lowest BCUT2D eigenvalue weighted by atomic mass is 10.0. The Hall–Kier alpha value is -1.66.